The van der Waals surface area contributed by atoms with E-state index >= 15 is 0 Å². The van der Waals surface area contributed by atoms with Crippen LogP contribution in [0.5, 0.6) is 0 Å². The fraction of sp³-hybridized carbons (Fsp3) is 0.375. The smallest absolute Gasteiger partial charge is 0.353 e. The first-order chi connectivity index (χ1) is 11.6. The number of alkyl halides is 3. The average Bonchev–Trinajstić information content (AvgIpc) is 2.49. The average molecular weight is 357 g/mol. The summed E-state index contributed by atoms with van der Waals surface area (Å²) in [7, 11) is 3.68. The van der Waals surface area contributed by atoms with E-state index in [2.05, 4.69) is 20.6 Å². The van der Waals surface area contributed by atoms with Gasteiger partial charge in [0, 0.05) is 24.8 Å². The molecule has 2 rings (SSSR count). The molecule has 0 aliphatic carbocycles. The second-order valence-corrected chi connectivity index (χ2v) is 5.78. The van der Waals surface area contributed by atoms with Crippen molar-refractivity contribution >= 4 is 17.5 Å². The number of hydrogen-bond acceptors (Lipinski definition) is 5. The van der Waals surface area contributed by atoms with Crippen LogP contribution in [-0.4, -0.2) is 42.1 Å². The van der Waals surface area contributed by atoms with E-state index < -0.39 is 17.7 Å². The fourth-order valence-electron chi connectivity index (χ4n) is 1.95. The highest BCUT2D eigenvalue weighted by molar-refractivity contribution is 5.58. The third-order valence-electron chi connectivity index (χ3n) is 3.30. The Morgan fingerprint density at radius 1 is 1.12 bits per heavy atom. The van der Waals surface area contributed by atoms with Gasteiger partial charge in [0.05, 0.1) is 0 Å². The zero-order valence-corrected chi connectivity index (χ0v) is 14.1. The molecule has 0 saturated heterocycles. The van der Waals surface area contributed by atoms with Gasteiger partial charge < -0.3 is 15.5 Å². The second-order valence-electron chi connectivity index (χ2n) is 5.78. The van der Waals surface area contributed by atoms with Gasteiger partial charge in [-0.1, -0.05) is 6.07 Å². The van der Waals surface area contributed by atoms with Crippen molar-refractivity contribution < 1.29 is 17.6 Å². The number of aryl methyl sites for hydroxylation is 1. The molecule has 9 heteroatoms. The van der Waals surface area contributed by atoms with Crippen LogP contribution in [-0.2, 0) is 6.18 Å². The van der Waals surface area contributed by atoms with Crippen LogP contribution in [0.3, 0.4) is 0 Å². The number of likely N-dealkylation sites (N-methyl/N-ethyl adjacent to an activating group) is 1. The first-order valence-corrected chi connectivity index (χ1v) is 7.53. The van der Waals surface area contributed by atoms with Crippen LogP contribution in [0, 0.1) is 12.7 Å². The van der Waals surface area contributed by atoms with Gasteiger partial charge in [-0.3, -0.25) is 0 Å². The van der Waals surface area contributed by atoms with Crippen LogP contribution in [0.2, 0.25) is 0 Å². The zero-order valence-electron chi connectivity index (χ0n) is 14.1. The molecule has 0 spiro atoms. The normalized spacial score (nSPS) is 11.7. The Labute approximate surface area is 143 Å². The van der Waals surface area contributed by atoms with E-state index in [9.17, 15) is 17.6 Å². The summed E-state index contributed by atoms with van der Waals surface area (Å²) in [5.41, 5.74) is -0.339. The highest BCUT2D eigenvalue weighted by atomic mass is 19.4. The van der Waals surface area contributed by atoms with Crippen molar-refractivity contribution in [2.24, 2.45) is 0 Å². The van der Waals surface area contributed by atoms with Crippen molar-refractivity contribution in [3.8, 4) is 0 Å². The topological polar surface area (TPSA) is 53.1 Å². The summed E-state index contributed by atoms with van der Waals surface area (Å²) in [5, 5.41) is 5.44. The molecule has 0 aliphatic rings. The minimum atomic E-state index is -4.62. The van der Waals surface area contributed by atoms with E-state index in [-0.39, 0.29) is 11.8 Å². The molecule has 0 bridgehead atoms. The van der Waals surface area contributed by atoms with Crippen molar-refractivity contribution in [2.45, 2.75) is 13.1 Å². The molecular weight excluding hydrogens is 338 g/mol. The van der Waals surface area contributed by atoms with Crippen molar-refractivity contribution in [1.82, 2.24) is 14.9 Å². The molecule has 0 unspecified atom stereocenters. The molecule has 136 valence electrons. The van der Waals surface area contributed by atoms with Gasteiger partial charge >= 0.3 is 6.18 Å². The molecule has 0 amide bonds. The standard InChI is InChI=1S/C16H19F4N5/c1-10-4-5-11(8-12(10)17)22-14-9-13(16(18,19)20)23-15(24-14)21-6-7-25(2)3/h4-5,8-9H,6-7H2,1-3H3,(H2,21,22,23,24). The van der Waals surface area contributed by atoms with Crippen molar-refractivity contribution in [3.63, 3.8) is 0 Å². The Kier molecular flexibility index (Phi) is 5.78. The number of hydrogen-bond donors (Lipinski definition) is 2. The maximum atomic E-state index is 13.6. The number of anilines is 3. The van der Waals surface area contributed by atoms with Gasteiger partial charge in [0.1, 0.15) is 11.6 Å². The first kappa shape index (κ1) is 18.9. The number of rotatable bonds is 6. The molecule has 0 atom stereocenters. The number of halogens is 4. The molecule has 0 saturated carbocycles. The lowest BCUT2D eigenvalue weighted by Crippen LogP contribution is -2.22. The number of aromatic nitrogens is 2. The maximum Gasteiger partial charge on any atom is 0.433 e. The van der Waals surface area contributed by atoms with Gasteiger partial charge in [-0.25, -0.2) is 9.37 Å². The van der Waals surface area contributed by atoms with Crippen molar-refractivity contribution in [3.05, 3.63) is 41.3 Å². The number of nitrogens with zero attached hydrogens (tertiary/aromatic N) is 3. The first-order valence-electron chi connectivity index (χ1n) is 7.53. The van der Waals surface area contributed by atoms with Gasteiger partial charge in [-0.05, 0) is 38.7 Å². The lowest BCUT2D eigenvalue weighted by atomic mass is 10.2. The Morgan fingerprint density at radius 3 is 2.44 bits per heavy atom. The molecule has 0 aliphatic heterocycles. The van der Waals surface area contributed by atoms with E-state index in [0.717, 1.165) is 6.07 Å². The van der Waals surface area contributed by atoms with Crippen LogP contribution in [0.4, 0.5) is 35.0 Å². The Bertz CT molecular complexity index is 731. The van der Waals surface area contributed by atoms with Gasteiger partial charge in [0.15, 0.2) is 5.69 Å². The van der Waals surface area contributed by atoms with Crippen LogP contribution < -0.4 is 10.6 Å². The molecule has 0 radical (unpaired) electrons. The number of benzene rings is 1. The second kappa shape index (κ2) is 7.64. The SMILES string of the molecule is Cc1ccc(Nc2cc(C(F)(F)F)nc(NCCN(C)C)n2)cc1F. The van der Waals surface area contributed by atoms with Crippen LogP contribution in [0.1, 0.15) is 11.3 Å². The number of nitrogens with one attached hydrogen (secondary N) is 2. The largest absolute Gasteiger partial charge is 0.433 e. The van der Waals surface area contributed by atoms with Crippen molar-refractivity contribution in [1.29, 1.82) is 0 Å². The van der Waals surface area contributed by atoms with Gasteiger partial charge in [0.25, 0.3) is 0 Å². The van der Waals surface area contributed by atoms with Crippen molar-refractivity contribution in [2.75, 3.05) is 37.8 Å². The molecule has 25 heavy (non-hydrogen) atoms. The minimum Gasteiger partial charge on any atom is -0.353 e. The molecule has 1 aromatic carbocycles. The van der Waals surface area contributed by atoms with E-state index in [4.69, 9.17) is 0 Å². The van der Waals surface area contributed by atoms with E-state index in [1.54, 1.807) is 13.0 Å². The predicted molar refractivity (Wildman–Crippen MR) is 88.5 cm³/mol. The third-order valence-corrected chi connectivity index (χ3v) is 3.30. The molecule has 0 fully saturated rings. The van der Waals surface area contributed by atoms with E-state index in [1.165, 1.54) is 12.1 Å². The monoisotopic (exact) mass is 357 g/mol. The predicted octanol–water partition coefficient (Wildman–Crippen LogP) is 3.66. The summed E-state index contributed by atoms with van der Waals surface area (Å²) in [6.45, 7) is 2.58. The van der Waals surface area contributed by atoms with E-state index in [1.807, 2.05) is 19.0 Å². The van der Waals surface area contributed by atoms with Crippen LogP contribution >= 0.6 is 0 Å². The summed E-state index contributed by atoms with van der Waals surface area (Å²) in [6, 6.07) is 5.07. The molecule has 1 aromatic heterocycles. The summed E-state index contributed by atoms with van der Waals surface area (Å²) in [5.74, 6) is -0.677. The van der Waals surface area contributed by atoms with E-state index in [0.29, 0.717) is 24.3 Å². The molecule has 2 N–H and O–H groups in total. The summed E-state index contributed by atoms with van der Waals surface area (Å²) >= 11 is 0. The Balaban J connectivity index is 2.27. The molecule has 1 heterocycles. The highest BCUT2D eigenvalue weighted by Gasteiger charge is 2.33. The minimum absolute atomic E-state index is 0.0714. The quantitative estimate of drug-likeness (QED) is 0.773. The van der Waals surface area contributed by atoms with Crippen LogP contribution in [0.15, 0.2) is 24.3 Å². The third kappa shape index (κ3) is 5.56. The lowest BCUT2D eigenvalue weighted by Gasteiger charge is -2.14. The fourth-order valence-corrected chi connectivity index (χ4v) is 1.95. The molecule has 5 nitrogen and oxygen atoms in total. The molecule has 2 aromatic rings. The summed E-state index contributed by atoms with van der Waals surface area (Å²) in [4.78, 5) is 9.38. The molecular formula is C16H19F4N5. The van der Waals surface area contributed by atoms with Gasteiger partial charge in [0.2, 0.25) is 5.95 Å². The zero-order chi connectivity index (χ0) is 18.6. The summed E-state index contributed by atoms with van der Waals surface area (Å²) < 4.78 is 52.7. The van der Waals surface area contributed by atoms with Crippen LogP contribution in [0.25, 0.3) is 0 Å². The Hall–Kier alpha value is -2.42. The lowest BCUT2D eigenvalue weighted by molar-refractivity contribution is -0.141. The Morgan fingerprint density at radius 2 is 1.84 bits per heavy atom. The maximum absolute atomic E-state index is 13.6. The highest BCUT2D eigenvalue weighted by Crippen LogP contribution is 2.30. The van der Waals surface area contributed by atoms with Gasteiger partial charge in [-0.15, -0.1) is 0 Å². The summed E-state index contributed by atoms with van der Waals surface area (Å²) in [6.07, 6.45) is -4.62. The van der Waals surface area contributed by atoms with Gasteiger partial charge in [-0.2, -0.15) is 18.2 Å².